The Bertz CT molecular complexity index is 111. The van der Waals surface area contributed by atoms with Crippen LogP contribution in [0.15, 0.2) is 12.3 Å². The molecule has 1 nitrogen and oxygen atoms in total. The monoisotopic (exact) mass is 158 g/mol. The van der Waals surface area contributed by atoms with Crippen molar-refractivity contribution < 1.29 is 4.43 Å². The molecular formula is C8H18OSi. The summed E-state index contributed by atoms with van der Waals surface area (Å²) in [6.45, 7) is 10.8. The lowest BCUT2D eigenvalue weighted by molar-refractivity contribution is 0.473. The topological polar surface area (TPSA) is 9.23 Å². The average molecular weight is 158 g/mol. The molecule has 0 N–H and O–H groups in total. The van der Waals surface area contributed by atoms with Crippen molar-refractivity contribution >= 4 is 8.32 Å². The quantitative estimate of drug-likeness (QED) is 0.453. The van der Waals surface area contributed by atoms with Crippen molar-refractivity contribution in [1.82, 2.24) is 0 Å². The van der Waals surface area contributed by atoms with Crippen molar-refractivity contribution in [3.8, 4) is 0 Å². The highest BCUT2D eigenvalue weighted by molar-refractivity contribution is 6.69. The zero-order valence-corrected chi connectivity index (χ0v) is 8.64. The van der Waals surface area contributed by atoms with Gasteiger partial charge in [0.25, 0.3) is 0 Å². The van der Waals surface area contributed by atoms with Crippen molar-refractivity contribution in [3.63, 3.8) is 0 Å². The molecule has 0 bridgehead atoms. The van der Waals surface area contributed by atoms with E-state index in [1.165, 1.54) is 0 Å². The summed E-state index contributed by atoms with van der Waals surface area (Å²) in [4.78, 5) is 0. The second-order valence-corrected chi connectivity index (χ2v) is 8.26. The third kappa shape index (κ3) is 7.76. The molecule has 0 aliphatic heterocycles. The van der Waals surface area contributed by atoms with E-state index in [9.17, 15) is 0 Å². The Morgan fingerprint density at radius 3 is 2.00 bits per heavy atom. The van der Waals surface area contributed by atoms with Crippen LogP contribution >= 0.6 is 0 Å². The molecule has 0 heterocycles. The van der Waals surface area contributed by atoms with Crippen molar-refractivity contribution in [2.24, 2.45) is 5.92 Å². The maximum absolute atomic E-state index is 5.50. The third-order valence-electron chi connectivity index (χ3n) is 0.885. The van der Waals surface area contributed by atoms with Crippen molar-refractivity contribution in [1.29, 1.82) is 0 Å². The van der Waals surface area contributed by atoms with E-state index in [0.29, 0.717) is 5.92 Å². The Labute approximate surface area is 65.2 Å². The zero-order valence-electron chi connectivity index (χ0n) is 7.64. The van der Waals surface area contributed by atoms with Crippen LogP contribution in [0.2, 0.25) is 19.6 Å². The van der Waals surface area contributed by atoms with Gasteiger partial charge in [-0.1, -0.05) is 13.8 Å². The first-order chi connectivity index (χ1) is 4.42. The summed E-state index contributed by atoms with van der Waals surface area (Å²) >= 11 is 0. The molecule has 0 radical (unpaired) electrons. The fraction of sp³-hybridized carbons (Fsp3) is 0.750. The molecule has 10 heavy (non-hydrogen) atoms. The molecule has 0 aromatic heterocycles. The minimum absolute atomic E-state index is 0.594. The zero-order chi connectivity index (χ0) is 8.20. The highest BCUT2D eigenvalue weighted by Gasteiger charge is 2.12. The van der Waals surface area contributed by atoms with Gasteiger partial charge in [0.05, 0.1) is 6.26 Å². The van der Waals surface area contributed by atoms with Crippen LogP contribution < -0.4 is 0 Å². The Hall–Kier alpha value is -0.243. The molecular weight excluding hydrogens is 140 g/mol. The summed E-state index contributed by atoms with van der Waals surface area (Å²) in [6, 6.07) is 0. The van der Waals surface area contributed by atoms with Gasteiger partial charge < -0.3 is 4.43 Å². The van der Waals surface area contributed by atoms with E-state index in [-0.39, 0.29) is 0 Å². The molecule has 0 aliphatic carbocycles. The lowest BCUT2D eigenvalue weighted by Gasteiger charge is -2.14. The molecule has 0 aromatic rings. The molecule has 0 unspecified atom stereocenters. The van der Waals surface area contributed by atoms with Gasteiger partial charge in [0, 0.05) is 0 Å². The van der Waals surface area contributed by atoms with Gasteiger partial charge in [0.1, 0.15) is 0 Å². The Morgan fingerprint density at radius 1 is 1.20 bits per heavy atom. The maximum atomic E-state index is 5.50. The minimum atomic E-state index is -1.31. The third-order valence-corrected chi connectivity index (χ3v) is 1.73. The number of allylic oxidation sites excluding steroid dienone is 1. The first-order valence-corrected chi connectivity index (χ1v) is 7.17. The first kappa shape index (κ1) is 9.76. The first-order valence-electron chi connectivity index (χ1n) is 3.76. The fourth-order valence-corrected chi connectivity index (χ4v) is 0.887. The molecule has 0 fully saturated rings. The van der Waals surface area contributed by atoms with Gasteiger partial charge in [-0.05, 0) is 31.6 Å². The van der Waals surface area contributed by atoms with Gasteiger partial charge in [0.15, 0.2) is 0 Å². The van der Waals surface area contributed by atoms with Gasteiger partial charge in [-0.15, -0.1) is 0 Å². The van der Waals surface area contributed by atoms with Crippen LogP contribution in [0, 0.1) is 5.92 Å². The van der Waals surface area contributed by atoms with E-state index in [1.54, 1.807) is 0 Å². The molecule has 0 spiro atoms. The van der Waals surface area contributed by atoms with Crippen molar-refractivity contribution in [2.75, 3.05) is 0 Å². The molecule has 0 saturated carbocycles. The number of hydrogen-bond acceptors (Lipinski definition) is 1. The smallest absolute Gasteiger partial charge is 0.241 e. The average Bonchev–Trinajstić information content (AvgIpc) is 1.59. The molecule has 0 rings (SSSR count). The molecule has 0 aliphatic rings. The van der Waals surface area contributed by atoms with Gasteiger partial charge >= 0.3 is 0 Å². The highest BCUT2D eigenvalue weighted by Crippen LogP contribution is 2.04. The molecule has 0 amide bonds. The SMILES string of the molecule is CC(C)C=CO[Si](C)(C)C. The summed E-state index contributed by atoms with van der Waals surface area (Å²) < 4.78 is 5.50. The standard InChI is InChI=1S/C8H18OSi/c1-8(2)6-7-9-10(3,4)5/h6-8H,1-5H3. The van der Waals surface area contributed by atoms with Crippen LogP contribution in [0.3, 0.4) is 0 Å². The normalized spacial score (nSPS) is 13.0. The summed E-state index contributed by atoms with van der Waals surface area (Å²) in [5.41, 5.74) is 0. The van der Waals surface area contributed by atoms with Gasteiger partial charge in [0.2, 0.25) is 8.32 Å². The van der Waals surface area contributed by atoms with Crippen LogP contribution in [0.1, 0.15) is 13.8 Å². The maximum Gasteiger partial charge on any atom is 0.241 e. The summed E-state index contributed by atoms with van der Waals surface area (Å²) in [7, 11) is -1.31. The predicted octanol–water partition coefficient (Wildman–Crippen LogP) is 3.01. The summed E-state index contributed by atoms with van der Waals surface area (Å²) in [5.74, 6) is 0.594. The highest BCUT2D eigenvalue weighted by atomic mass is 28.4. The Morgan fingerprint density at radius 2 is 1.70 bits per heavy atom. The molecule has 0 aromatic carbocycles. The molecule has 2 heteroatoms. The largest absolute Gasteiger partial charge is 0.550 e. The Kier molecular flexibility index (Phi) is 3.72. The summed E-state index contributed by atoms with van der Waals surface area (Å²) in [5, 5.41) is 0. The van der Waals surface area contributed by atoms with E-state index >= 15 is 0 Å². The molecule has 60 valence electrons. The van der Waals surface area contributed by atoms with Crippen LogP contribution in [0.25, 0.3) is 0 Å². The van der Waals surface area contributed by atoms with Crippen LogP contribution in [-0.2, 0) is 4.43 Å². The van der Waals surface area contributed by atoms with E-state index in [2.05, 4.69) is 39.6 Å². The van der Waals surface area contributed by atoms with E-state index < -0.39 is 8.32 Å². The lowest BCUT2D eigenvalue weighted by Crippen LogP contribution is -2.21. The fourth-order valence-electron chi connectivity index (χ4n) is 0.401. The van der Waals surface area contributed by atoms with Crippen LogP contribution in [0.5, 0.6) is 0 Å². The number of hydrogen-bond donors (Lipinski definition) is 0. The van der Waals surface area contributed by atoms with E-state index in [0.717, 1.165) is 0 Å². The number of rotatable bonds is 3. The second kappa shape index (κ2) is 3.81. The van der Waals surface area contributed by atoms with Gasteiger partial charge in [-0.3, -0.25) is 0 Å². The van der Waals surface area contributed by atoms with Gasteiger partial charge in [-0.25, -0.2) is 0 Å². The van der Waals surface area contributed by atoms with Crippen molar-refractivity contribution in [2.45, 2.75) is 33.5 Å². The lowest BCUT2D eigenvalue weighted by atomic mass is 10.2. The van der Waals surface area contributed by atoms with Crippen molar-refractivity contribution in [3.05, 3.63) is 12.3 Å². The predicted molar refractivity (Wildman–Crippen MR) is 48.4 cm³/mol. The second-order valence-electron chi connectivity index (χ2n) is 3.80. The molecule has 0 atom stereocenters. The van der Waals surface area contributed by atoms with Crippen LogP contribution in [0.4, 0.5) is 0 Å². The molecule has 0 saturated heterocycles. The van der Waals surface area contributed by atoms with E-state index in [1.807, 2.05) is 6.26 Å². The summed E-state index contributed by atoms with van der Waals surface area (Å²) in [6.07, 6.45) is 3.93. The van der Waals surface area contributed by atoms with Gasteiger partial charge in [-0.2, -0.15) is 0 Å². The minimum Gasteiger partial charge on any atom is -0.550 e. The van der Waals surface area contributed by atoms with Crippen LogP contribution in [-0.4, -0.2) is 8.32 Å². The Balaban J connectivity index is 3.54. The van der Waals surface area contributed by atoms with E-state index in [4.69, 9.17) is 4.43 Å².